The number of benzene rings is 2. The van der Waals surface area contributed by atoms with Crippen molar-refractivity contribution in [3.05, 3.63) is 91.1 Å². The van der Waals surface area contributed by atoms with Gasteiger partial charge in [0.2, 0.25) is 0 Å². The fourth-order valence-electron chi connectivity index (χ4n) is 4.21. The minimum absolute atomic E-state index is 0.731. The van der Waals surface area contributed by atoms with Crippen LogP contribution in [0.25, 0.3) is 44.8 Å². The fraction of sp³-hybridized carbons (Fsp3) is 0.0741. The summed E-state index contributed by atoms with van der Waals surface area (Å²) in [6.07, 6.45) is 7.18. The van der Waals surface area contributed by atoms with Crippen LogP contribution in [0.15, 0.2) is 95.6 Å². The van der Waals surface area contributed by atoms with Gasteiger partial charge in [-0.1, -0.05) is 30.3 Å². The number of nitrogens with zero attached hydrogens (tertiary/aromatic N) is 6. The van der Waals surface area contributed by atoms with Gasteiger partial charge in [0.25, 0.3) is 0 Å². The summed E-state index contributed by atoms with van der Waals surface area (Å²) in [4.78, 5) is 18.2. The first-order valence-electron chi connectivity index (χ1n) is 11.1. The van der Waals surface area contributed by atoms with Crippen LogP contribution in [0.2, 0.25) is 0 Å². The summed E-state index contributed by atoms with van der Waals surface area (Å²) in [5, 5.41) is 9.13. The summed E-state index contributed by atoms with van der Waals surface area (Å²) in [5.74, 6) is 0.731. The van der Waals surface area contributed by atoms with Gasteiger partial charge in [-0.25, -0.2) is 4.98 Å². The number of pyridine rings is 2. The van der Waals surface area contributed by atoms with E-state index in [9.17, 15) is 0 Å². The first-order chi connectivity index (χ1) is 17.2. The summed E-state index contributed by atoms with van der Waals surface area (Å²) in [5.41, 5.74) is 8.26. The molecule has 0 atom stereocenters. The minimum Gasteiger partial charge on any atom is -0.337 e. The lowest BCUT2D eigenvalue weighted by Crippen LogP contribution is -1.92. The highest BCUT2D eigenvalue weighted by molar-refractivity contribution is 7.99. The van der Waals surface area contributed by atoms with Gasteiger partial charge in [-0.05, 0) is 71.3 Å². The molecule has 0 aliphatic carbocycles. The second kappa shape index (κ2) is 8.81. The Balaban J connectivity index is 1.59. The Bertz CT molecular complexity index is 1640. The SMILES string of the molecule is Cc1cccc(-c2cccnc2)c1-c1cc(Sc2nncn2C)c2nc(-c3ccccn3)[nH]c2c1. The lowest BCUT2D eigenvalue weighted by molar-refractivity contribution is 0.789. The van der Waals surface area contributed by atoms with E-state index in [0.29, 0.717) is 0 Å². The zero-order chi connectivity index (χ0) is 23.8. The smallest absolute Gasteiger partial charge is 0.195 e. The van der Waals surface area contributed by atoms with E-state index in [1.54, 1.807) is 30.5 Å². The third-order valence-corrected chi connectivity index (χ3v) is 6.95. The summed E-state index contributed by atoms with van der Waals surface area (Å²) in [6, 6.07) is 20.6. The van der Waals surface area contributed by atoms with Crippen molar-refractivity contribution in [3.8, 4) is 33.8 Å². The number of aromatic amines is 1. The molecule has 4 heterocycles. The molecule has 6 aromatic rings. The number of aromatic nitrogens is 7. The van der Waals surface area contributed by atoms with Gasteiger partial charge >= 0.3 is 0 Å². The van der Waals surface area contributed by atoms with Gasteiger partial charge in [0, 0.05) is 36.1 Å². The molecule has 0 bridgehead atoms. The second-order valence-corrected chi connectivity index (χ2v) is 9.25. The van der Waals surface area contributed by atoms with Crippen molar-refractivity contribution in [1.29, 1.82) is 0 Å². The number of nitrogens with one attached hydrogen (secondary N) is 1. The number of imidazole rings is 1. The van der Waals surface area contributed by atoms with Crippen LogP contribution in [0.1, 0.15) is 5.56 Å². The number of hydrogen-bond acceptors (Lipinski definition) is 6. The first-order valence-corrected chi connectivity index (χ1v) is 12.0. The van der Waals surface area contributed by atoms with Crippen molar-refractivity contribution in [2.24, 2.45) is 7.05 Å². The number of H-pyrrole nitrogens is 1. The topological polar surface area (TPSA) is 85.2 Å². The monoisotopic (exact) mass is 475 g/mol. The van der Waals surface area contributed by atoms with E-state index < -0.39 is 0 Å². The lowest BCUT2D eigenvalue weighted by Gasteiger charge is -2.14. The van der Waals surface area contributed by atoms with E-state index in [1.165, 1.54) is 5.56 Å². The standard InChI is InChI=1S/C27H21N7S/c1-17-7-5-9-20(18-8-6-11-28-15-18)24(17)19-13-22-25(23(14-19)35-27-33-30-16-34(27)2)32-26(31-22)21-10-3-4-12-29-21/h3-16H,1-2H3,(H,31,32). The molecule has 0 fully saturated rings. The third-order valence-electron chi connectivity index (χ3n) is 5.86. The predicted octanol–water partition coefficient (Wildman–Crippen LogP) is 5.94. The van der Waals surface area contributed by atoms with Crippen molar-refractivity contribution in [1.82, 2.24) is 34.7 Å². The Kier molecular flexibility index (Phi) is 5.35. The fourth-order valence-corrected chi connectivity index (χ4v) is 5.12. The molecule has 35 heavy (non-hydrogen) atoms. The molecule has 0 aliphatic rings. The molecular weight excluding hydrogens is 454 g/mol. The predicted molar refractivity (Wildman–Crippen MR) is 138 cm³/mol. The van der Waals surface area contributed by atoms with Crippen molar-refractivity contribution in [3.63, 3.8) is 0 Å². The van der Waals surface area contributed by atoms with E-state index in [4.69, 9.17) is 4.98 Å². The van der Waals surface area contributed by atoms with Crippen molar-refractivity contribution in [2.45, 2.75) is 17.0 Å². The Morgan fingerprint density at radius 1 is 0.943 bits per heavy atom. The van der Waals surface area contributed by atoms with Gasteiger partial charge in [-0.2, -0.15) is 0 Å². The second-order valence-electron chi connectivity index (χ2n) is 8.24. The van der Waals surface area contributed by atoms with Crippen LogP contribution in [0.4, 0.5) is 0 Å². The largest absolute Gasteiger partial charge is 0.337 e. The zero-order valence-electron chi connectivity index (χ0n) is 19.2. The van der Waals surface area contributed by atoms with Gasteiger partial charge in [-0.3, -0.25) is 9.97 Å². The summed E-state index contributed by atoms with van der Waals surface area (Å²) >= 11 is 1.55. The van der Waals surface area contributed by atoms with Crippen LogP contribution < -0.4 is 0 Å². The average Bonchev–Trinajstić information content (AvgIpc) is 3.51. The molecule has 6 rings (SSSR count). The Morgan fingerprint density at radius 3 is 2.66 bits per heavy atom. The van der Waals surface area contributed by atoms with E-state index in [0.717, 1.165) is 54.9 Å². The van der Waals surface area contributed by atoms with E-state index in [2.05, 4.69) is 68.5 Å². The third kappa shape index (κ3) is 3.98. The summed E-state index contributed by atoms with van der Waals surface area (Å²) < 4.78 is 1.91. The molecule has 0 aliphatic heterocycles. The molecule has 7 nitrogen and oxygen atoms in total. The number of aryl methyl sites for hydroxylation is 2. The maximum Gasteiger partial charge on any atom is 0.195 e. The van der Waals surface area contributed by atoms with Gasteiger partial charge in [-0.15, -0.1) is 10.2 Å². The number of hydrogen-bond donors (Lipinski definition) is 1. The van der Waals surface area contributed by atoms with Crippen molar-refractivity contribution in [2.75, 3.05) is 0 Å². The molecule has 0 unspecified atom stereocenters. The number of fused-ring (bicyclic) bond motifs is 1. The van der Waals surface area contributed by atoms with Crippen LogP contribution in [0.3, 0.4) is 0 Å². The van der Waals surface area contributed by atoms with E-state index in [-0.39, 0.29) is 0 Å². The molecule has 0 saturated carbocycles. The van der Waals surface area contributed by atoms with Crippen LogP contribution in [0, 0.1) is 6.92 Å². The highest BCUT2D eigenvalue weighted by atomic mass is 32.2. The summed E-state index contributed by atoms with van der Waals surface area (Å²) in [6.45, 7) is 2.14. The molecule has 0 spiro atoms. The van der Waals surface area contributed by atoms with Crippen LogP contribution >= 0.6 is 11.8 Å². The minimum atomic E-state index is 0.731. The molecule has 1 N–H and O–H groups in total. The maximum absolute atomic E-state index is 4.92. The van der Waals surface area contributed by atoms with Gasteiger partial charge in [0.15, 0.2) is 11.0 Å². The van der Waals surface area contributed by atoms with Gasteiger partial charge in [0.1, 0.15) is 17.5 Å². The lowest BCUT2D eigenvalue weighted by atomic mass is 9.91. The summed E-state index contributed by atoms with van der Waals surface area (Å²) in [7, 11) is 1.94. The van der Waals surface area contributed by atoms with E-state index >= 15 is 0 Å². The normalized spacial score (nSPS) is 11.3. The Morgan fingerprint density at radius 2 is 1.89 bits per heavy atom. The van der Waals surface area contributed by atoms with E-state index in [1.807, 2.05) is 42.1 Å². The molecule has 0 amide bonds. The van der Waals surface area contributed by atoms with Gasteiger partial charge in [0.05, 0.1) is 5.52 Å². The molecule has 0 saturated heterocycles. The van der Waals surface area contributed by atoms with Crippen molar-refractivity contribution < 1.29 is 0 Å². The number of rotatable bonds is 5. The Hall–Kier alpha value is -4.30. The quantitative estimate of drug-likeness (QED) is 0.332. The maximum atomic E-state index is 4.92. The van der Waals surface area contributed by atoms with Crippen molar-refractivity contribution >= 4 is 22.8 Å². The van der Waals surface area contributed by atoms with Gasteiger partial charge < -0.3 is 9.55 Å². The molecule has 8 heteroatoms. The highest BCUT2D eigenvalue weighted by Crippen LogP contribution is 2.40. The first kappa shape index (κ1) is 21.2. The van der Waals surface area contributed by atoms with Crippen LogP contribution in [0.5, 0.6) is 0 Å². The molecule has 2 aromatic carbocycles. The Labute approximate surface area is 206 Å². The molecule has 170 valence electrons. The molecule has 4 aromatic heterocycles. The molecule has 0 radical (unpaired) electrons. The zero-order valence-corrected chi connectivity index (χ0v) is 20.0. The highest BCUT2D eigenvalue weighted by Gasteiger charge is 2.18. The molecular formula is C27H21N7S. The van der Waals surface area contributed by atoms with Crippen LogP contribution in [-0.4, -0.2) is 34.7 Å². The van der Waals surface area contributed by atoms with Crippen LogP contribution in [-0.2, 0) is 7.05 Å². The average molecular weight is 476 g/mol.